The van der Waals surface area contributed by atoms with Crippen LogP contribution in [0.5, 0.6) is 0 Å². The Morgan fingerprint density at radius 3 is 2.45 bits per heavy atom. The predicted molar refractivity (Wildman–Crippen MR) is 86.9 cm³/mol. The second-order valence-electron chi connectivity index (χ2n) is 7.07. The molecule has 1 aliphatic carbocycles. The van der Waals surface area contributed by atoms with Crippen LogP contribution in [0.4, 0.5) is 0 Å². The van der Waals surface area contributed by atoms with Crippen LogP contribution >= 0.6 is 0 Å². The molecule has 0 radical (unpaired) electrons. The van der Waals surface area contributed by atoms with Crippen LogP contribution in [0.1, 0.15) is 31.2 Å². The average molecular weight is 320 g/mol. The minimum atomic E-state index is -3.03. The fourth-order valence-corrected chi connectivity index (χ4v) is 5.88. The number of rotatable bonds is 4. The van der Waals surface area contributed by atoms with Gasteiger partial charge in [0.25, 0.3) is 0 Å². The molecule has 4 aliphatic rings. The smallest absolute Gasteiger partial charge is 0.217 e. The zero-order valence-electron chi connectivity index (χ0n) is 12.9. The molecular weight excluding hydrogens is 296 g/mol. The van der Waals surface area contributed by atoms with Gasteiger partial charge in [0.2, 0.25) is 10.0 Å². The van der Waals surface area contributed by atoms with Crippen molar-refractivity contribution in [3.05, 3.63) is 35.9 Å². The normalized spacial score (nSPS) is 30.4. The third-order valence-corrected chi connectivity index (χ3v) is 7.66. The van der Waals surface area contributed by atoms with Crippen molar-refractivity contribution in [3.63, 3.8) is 0 Å². The first kappa shape index (κ1) is 14.7. The van der Waals surface area contributed by atoms with E-state index in [9.17, 15) is 8.42 Å². The van der Waals surface area contributed by atoms with Crippen molar-refractivity contribution in [2.75, 3.05) is 19.6 Å². The van der Waals surface area contributed by atoms with Crippen LogP contribution in [-0.2, 0) is 16.6 Å². The van der Waals surface area contributed by atoms with Gasteiger partial charge in [0.15, 0.2) is 0 Å². The van der Waals surface area contributed by atoms with Gasteiger partial charge >= 0.3 is 0 Å². The van der Waals surface area contributed by atoms with E-state index in [1.807, 2.05) is 10.4 Å². The number of nitrogens with zero attached hydrogens (tertiary/aromatic N) is 2. The first-order valence-corrected chi connectivity index (χ1v) is 9.90. The molecule has 0 amide bonds. The molecule has 1 saturated carbocycles. The molecule has 22 heavy (non-hydrogen) atoms. The van der Waals surface area contributed by atoms with E-state index >= 15 is 0 Å². The van der Waals surface area contributed by atoms with Crippen molar-refractivity contribution < 1.29 is 8.42 Å². The fraction of sp³-hybridized carbons (Fsp3) is 0.647. The molecular formula is C17H24N2O2S. The molecule has 4 fully saturated rings. The molecule has 5 heteroatoms. The predicted octanol–water partition coefficient (Wildman–Crippen LogP) is 2.07. The van der Waals surface area contributed by atoms with Crippen molar-refractivity contribution >= 4 is 10.0 Å². The number of hydrogen-bond acceptors (Lipinski definition) is 3. The van der Waals surface area contributed by atoms with Crippen LogP contribution in [0.3, 0.4) is 0 Å². The summed E-state index contributed by atoms with van der Waals surface area (Å²) in [5, 5.41) is -0.0763. The zero-order valence-corrected chi connectivity index (χ0v) is 13.7. The maximum Gasteiger partial charge on any atom is 0.217 e. The molecule has 0 N–H and O–H groups in total. The average Bonchev–Trinajstić information content (AvgIpc) is 3.36. The molecule has 2 atom stereocenters. The highest BCUT2D eigenvalue weighted by Crippen LogP contribution is 2.36. The van der Waals surface area contributed by atoms with E-state index < -0.39 is 10.0 Å². The van der Waals surface area contributed by atoms with Crippen LogP contribution in [0.15, 0.2) is 30.3 Å². The van der Waals surface area contributed by atoms with Crippen LogP contribution in [0.25, 0.3) is 0 Å². The molecule has 1 aromatic rings. The van der Waals surface area contributed by atoms with Gasteiger partial charge in [0.05, 0.1) is 5.25 Å². The summed E-state index contributed by atoms with van der Waals surface area (Å²) in [4.78, 5) is 2.51. The number of piperidine rings is 1. The maximum atomic E-state index is 12.6. The standard InChI is InChI=1S/C17H24N2O2S/c20-22(21,17-8-9-17)19-12-15-6-7-16(13-19)18(11-15)10-14-4-2-1-3-5-14/h1-5,15-17H,6-13H2/t15-,16-/m1/s1. The lowest BCUT2D eigenvalue weighted by Gasteiger charge is -2.36. The molecule has 1 aromatic carbocycles. The molecule has 3 aliphatic heterocycles. The lowest BCUT2D eigenvalue weighted by Crippen LogP contribution is -2.44. The fourth-order valence-electron chi connectivity index (χ4n) is 3.93. The van der Waals surface area contributed by atoms with Gasteiger partial charge in [-0.05, 0) is 37.2 Å². The largest absolute Gasteiger partial charge is 0.294 e. The van der Waals surface area contributed by atoms with Crippen LogP contribution in [-0.4, -0.2) is 48.5 Å². The van der Waals surface area contributed by atoms with Crippen LogP contribution < -0.4 is 0 Å². The number of sulfonamides is 1. The summed E-state index contributed by atoms with van der Waals surface area (Å²) in [5.74, 6) is 0.496. The topological polar surface area (TPSA) is 40.6 Å². The second-order valence-corrected chi connectivity index (χ2v) is 9.29. The Morgan fingerprint density at radius 2 is 1.73 bits per heavy atom. The van der Waals surface area contributed by atoms with Gasteiger partial charge < -0.3 is 0 Å². The van der Waals surface area contributed by atoms with E-state index in [0.29, 0.717) is 18.5 Å². The van der Waals surface area contributed by atoms with Gasteiger partial charge in [0.1, 0.15) is 0 Å². The van der Waals surface area contributed by atoms with Gasteiger partial charge in [-0.15, -0.1) is 0 Å². The molecule has 3 saturated heterocycles. The third-order valence-electron chi connectivity index (χ3n) is 5.33. The minimum absolute atomic E-state index is 0.0763. The van der Waals surface area contributed by atoms with E-state index in [1.165, 1.54) is 12.0 Å². The van der Waals surface area contributed by atoms with E-state index in [4.69, 9.17) is 0 Å². The highest BCUT2D eigenvalue weighted by Gasteiger charge is 2.45. The Morgan fingerprint density at radius 1 is 0.955 bits per heavy atom. The molecule has 5 rings (SSSR count). The Bertz CT molecular complexity index is 627. The Labute approximate surface area is 133 Å². The SMILES string of the molecule is O=S(=O)(C1CC1)N1C[C@@H]2CC[C@H](C1)N(Cc1ccccc1)C2. The van der Waals surface area contributed by atoms with Crippen molar-refractivity contribution in [2.24, 2.45) is 5.92 Å². The molecule has 0 spiro atoms. The molecule has 0 unspecified atom stereocenters. The molecule has 0 aromatic heterocycles. The van der Waals surface area contributed by atoms with Crippen molar-refractivity contribution in [1.29, 1.82) is 0 Å². The van der Waals surface area contributed by atoms with Crippen molar-refractivity contribution in [3.8, 4) is 0 Å². The molecule has 3 heterocycles. The van der Waals surface area contributed by atoms with E-state index in [-0.39, 0.29) is 5.25 Å². The van der Waals surface area contributed by atoms with Crippen molar-refractivity contribution in [1.82, 2.24) is 9.21 Å². The third kappa shape index (κ3) is 2.82. The highest BCUT2D eigenvalue weighted by atomic mass is 32.2. The Hall–Kier alpha value is -0.910. The first-order valence-electron chi connectivity index (χ1n) is 8.40. The highest BCUT2D eigenvalue weighted by molar-refractivity contribution is 7.90. The van der Waals surface area contributed by atoms with Crippen LogP contribution in [0, 0.1) is 5.92 Å². The maximum absolute atomic E-state index is 12.6. The number of fused-ring (bicyclic) bond motifs is 4. The zero-order chi connectivity index (χ0) is 15.2. The summed E-state index contributed by atoms with van der Waals surface area (Å²) in [6.45, 7) is 3.42. The van der Waals surface area contributed by atoms with Crippen LogP contribution in [0.2, 0.25) is 0 Å². The summed E-state index contributed by atoms with van der Waals surface area (Å²) < 4.78 is 27.0. The van der Waals surface area contributed by atoms with Gasteiger partial charge in [-0.2, -0.15) is 4.31 Å². The van der Waals surface area contributed by atoms with E-state index in [2.05, 4.69) is 29.2 Å². The summed E-state index contributed by atoms with van der Waals surface area (Å²) in [6.07, 6.45) is 4.03. The molecule has 2 bridgehead atoms. The summed E-state index contributed by atoms with van der Waals surface area (Å²) in [6, 6.07) is 10.9. The Balaban J connectivity index is 1.51. The Kier molecular flexibility index (Phi) is 3.75. The van der Waals surface area contributed by atoms with Gasteiger partial charge in [-0.1, -0.05) is 30.3 Å². The number of hydrogen-bond donors (Lipinski definition) is 0. The molecule has 120 valence electrons. The van der Waals surface area contributed by atoms with E-state index in [0.717, 1.165) is 38.9 Å². The minimum Gasteiger partial charge on any atom is -0.294 e. The monoisotopic (exact) mass is 320 g/mol. The molecule has 4 nitrogen and oxygen atoms in total. The second kappa shape index (κ2) is 5.62. The number of benzene rings is 1. The lowest BCUT2D eigenvalue weighted by molar-refractivity contribution is 0.125. The van der Waals surface area contributed by atoms with Crippen molar-refractivity contribution in [2.45, 2.75) is 43.5 Å². The van der Waals surface area contributed by atoms with Gasteiger partial charge in [0, 0.05) is 32.2 Å². The quantitative estimate of drug-likeness (QED) is 0.853. The lowest BCUT2D eigenvalue weighted by atomic mass is 9.94. The first-order chi connectivity index (χ1) is 10.6. The summed E-state index contributed by atoms with van der Waals surface area (Å²) in [5.41, 5.74) is 1.33. The summed E-state index contributed by atoms with van der Waals surface area (Å²) >= 11 is 0. The van der Waals surface area contributed by atoms with Gasteiger partial charge in [-0.25, -0.2) is 8.42 Å². The summed E-state index contributed by atoms with van der Waals surface area (Å²) in [7, 11) is -3.03. The van der Waals surface area contributed by atoms with Gasteiger partial charge in [-0.3, -0.25) is 4.90 Å². The van der Waals surface area contributed by atoms with E-state index in [1.54, 1.807) is 0 Å².